The zero-order valence-electron chi connectivity index (χ0n) is 18.1. The van der Waals surface area contributed by atoms with Crippen LogP contribution in [-0.4, -0.2) is 53.3 Å². The van der Waals surface area contributed by atoms with Crippen molar-refractivity contribution < 1.29 is 23.0 Å². The van der Waals surface area contributed by atoms with Crippen molar-refractivity contribution in [2.45, 2.75) is 31.2 Å². The summed E-state index contributed by atoms with van der Waals surface area (Å²) in [6.45, 7) is 9.69. The Balaban J connectivity index is 1.48. The molecule has 0 unspecified atom stereocenters. The molecule has 162 valence electrons. The minimum absolute atomic E-state index is 0.145. The van der Waals surface area contributed by atoms with Crippen LogP contribution in [0.1, 0.15) is 30.9 Å². The molecule has 7 heteroatoms. The van der Waals surface area contributed by atoms with E-state index < -0.39 is 9.84 Å². The average molecular weight is 432 g/mol. The summed E-state index contributed by atoms with van der Waals surface area (Å²) < 4.78 is 23.8. The Hall–Kier alpha value is -2.22. The molecule has 1 aliphatic heterocycles. The lowest BCUT2D eigenvalue weighted by Gasteiger charge is -2.29. The molecule has 30 heavy (non-hydrogen) atoms. The van der Waals surface area contributed by atoms with Gasteiger partial charge in [-0.1, -0.05) is 50.2 Å². The highest BCUT2D eigenvalue weighted by atomic mass is 32.2. The van der Waals surface area contributed by atoms with Crippen LogP contribution in [0, 0.1) is 0 Å². The Bertz CT molecular complexity index is 963. The summed E-state index contributed by atoms with van der Waals surface area (Å²) in [7, 11) is -3.38. The van der Waals surface area contributed by atoms with Gasteiger partial charge < -0.3 is 15.1 Å². The highest BCUT2D eigenvalue weighted by molar-refractivity contribution is 7.90. The third-order valence-electron chi connectivity index (χ3n) is 5.74. The molecule has 2 aromatic rings. The first-order valence-electron chi connectivity index (χ1n) is 10.6. The fourth-order valence-corrected chi connectivity index (χ4v) is 4.78. The quantitative estimate of drug-likeness (QED) is 0.584. The van der Waals surface area contributed by atoms with Crippen molar-refractivity contribution in [2.24, 2.45) is 0 Å². The number of sulfone groups is 1. The van der Waals surface area contributed by atoms with Gasteiger partial charge in [0.05, 0.1) is 10.6 Å². The van der Waals surface area contributed by atoms with E-state index in [1.807, 2.05) is 0 Å². The maximum Gasteiger partial charge on any atom is 0.279 e. The van der Waals surface area contributed by atoms with Crippen LogP contribution in [-0.2, 0) is 21.2 Å². The second-order valence-electron chi connectivity index (χ2n) is 8.57. The fourth-order valence-electron chi connectivity index (χ4n) is 3.93. The lowest BCUT2D eigenvalue weighted by atomic mass is 10.0. The van der Waals surface area contributed by atoms with E-state index in [0.29, 0.717) is 18.2 Å². The van der Waals surface area contributed by atoms with Crippen LogP contribution in [0.4, 0.5) is 5.69 Å². The van der Waals surface area contributed by atoms with Gasteiger partial charge in [0.2, 0.25) is 0 Å². The fraction of sp³-hybridized carbons (Fsp3) is 0.435. The molecule has 1 aliphatic rings. The monoisotopic (exact) mass is 431 g/mol. The number of nitrogens with one attached hydrogen (secondary N) is 3. The van der Waals surface area contributed by atoms with Gasteiger partial charge in [0.15, 0.2) is 16.4 Å². The SMILES string of the molecule is CC(C)c1ccc(C[NH+]2CC[NH+](CC(=O)Nc3ccccc3S(C)(=O)=O)CC2)cc1. The molecule has 0 aliphatic carbocycles. The zero-order chi connectivity index (χ0) is 21.7. The molecule has 1 fully saturated rings. The van der Waals surface area contributed by atoms with Gasteiger partial charge in [-0.15, -0.1) is 0 Å². The molecule has 2 aromatic carbocycles. The zero-order valence-corrected chi connectivity index (χ0v) is 18.9. The Kier molecular flexibility index (Phi) is 7.28. The summed E-state index contributed by atoms with van der Waals surface area (Å²) in [6.07, 6.45) is 1.15. The van der Waals surface area contributed by atoms with Crippen molar-refractivity contribution in [1.29, 1.82) is 0 Å². The lowest BCUT2D eigenvalue weighted by molar-refractivity contribution is -1.02. The lowest BCUT2D eigenvalue weighted by Crippen LogP contribution is -3.28. The maximum atomic E-state index is 12.5. The van der Waals surface area contributed by atoms with Crippen LogP contribution < -0.4 is 15.1 Å². The average Bonchev–Trinajstić information content (AvgIpc) is 2.69. The predicted molar refractivity (Wildman–Crippen MR) is 119 cm³/mol. The number of hydrogen-bond acceptors (Lipinski definition) is 3. The maximum absolute atomic E-state index is 12.5. The van der Waals surface area contributed by atoms with E-state index in [2.05, 4.69) is 43.4 Å². The van der Waals surface area contributed by atoms with Crippen LogP contribution >= 0.6 is 0 Å². The molecular formula is C23H33N3O3S+2. The van der Waals surface area contributed by atoms with Gasteiger partial charge in [-0.3, -0.25) is 4.79 Å². The predicted octanol–water partition coefficient (Wildman–Crippen LogP) is 0.136. The van der Waals surface area contributed by atoms with Crippen molar-refractivity contribution in [3.63, 3.8) is 0 Å². The smallest absolute Gasteiger partial charge is 0.279 e. The normalized spacial score (nSPS) is 19.6. The summed E-state index contributed by atoms with van der Waals surface area (Å²) in [5.41, 5.74) is 3.08. The van der Waals surface area contributed by atoms with Crippen molar-refractivity contribution in [2.75, 3.05) is 44.3 Å². The minimum Gasteiger partial charge on any atom is -0.322 e. The van der Waals surface area contributed by atoms with Gasteiger partial charge in [0, 0.05) is 11.8 Å². The molecule has 0 atom stereocenters. The van der Waals surface area contributed by atoms with Gasteiger partial charge in [-0.25, -0.2) is 8.42 Å². The van der Waals surface area contributed by atoms with Crippen molar-refractivity contribution >= 4 is 21.4 Å². The van der Waals surface area contributed by atoms with E-state index in [1.54, 1.807) is 23.1 Å². The van der Waals surface area contributed by atoms with Gasteiger partial charge in [-0.2, -0.15) is 0 Å². The number of rotatable bonds is 7. The van der Waals surface area contributed by atoms with Crippen LogP contribution in [0.5, 0.6) is 0 Å². The van der Waals surface area contributed by atoms with Gasteiger partial charge in [-0.05, 0) is 23.6 Å². The Morgan fingerprint density at radius 2 is 1.57 bits per heavy atom. The Morgan fingerprint density at radius 3 is 2.17 bits per heavy atom. The molecule has 0 bridgehead atoms. The van der Waals surface area contributed by atoms with Crippen LogP contribution in [0.25, 0.3) is 0 Å². The number of anilines is 1. The molecule has 1 amide bonds. The highest BCUT2D eigenvalue weighted by Gasteiger charge is 2.25. The van der Waals surface area contributed by atoms with E-state index in [1.165, 1.54) is 22.1 Å². The largest absolute Gasteiger partial charge is 0.322 e. The van der Waals surface area contributed by atoms with Gasteiger partial charge in [0.1, 0.15) is 32.7 Å². The first-order valence-corrected chi connectivity index (χ1v) is 12.5. The Morgan fingerprint density at radius 1 is 0.967 bits per heavy atom. The first kappa shape index (κ1) is 22.5. The van der Waals surface area contributed by atoms with Crippen LogP contribution in [0.3, 0.4) is 0 Å². The van der Waals surface area contributed by atoms with Crippen molar-refractivity contribution in [3.05, 3.63) is 59.7 Å². The van der Waals surface area contributed by atoms with E-state index in [0.717, 1.165) is 39.0 Å². The number of piperazine rings is 1. The molecule has 6 nitrogen and oxygen atoms in total. The number of hydrogen-bond donors (Lipinski definition) is 3. The molecule has 1 heterocycles. The first-order chi connectivity index (χ1) is 14.2. The number of carbonyl (C=O) groups excluding carboxylic acids is 1. The third-order valence-corrected chi connectivity index (χ3v) is 6.89. The van der Waals surface area contributed by atoms with E-state index >= 15 is 0 Å². The highest BCUT2D eigenvalue weighted by Crippen LogP contribution is 2.20. The third kappa shape index (κ3) is 6.14. The summed E-state index contributed by atoms with van der Waals surface area (Å²) >= 11 is 0. The molecule has 0 saturated carbocycles. The molecule has 1 saturated heterocycles. The van der Waals surface area contributed by atoms with Crippen molar-refractivity contribution in [3.8, 4) is 0 Å². The molecule has 0 radical (unpaired) electrons. The summed E-state index contributed by atoms with van der Waals surface area (Å²) in [5, 5.41) is 2.78. The summed E-state index contributed by atoms with van der Waals surface area (Å²) in [6, 6.07) is 15.5. The molecular weight excluding hydrogens is 398 g/mol. The van der Waals surface area contributed by atoms with E-state index in [9.17, 15) is 13.2 Å². The number of amides is 1. The second-order valence-corrected chi connectivity index (χ2v) is 10.6. The van der Waals surface area contributed by atoms with Crippen LogP contribution in [0.2, 0.25) is 0 Å². The summed E-state index contributed by atoms with van der Waals surface area (Å²) in [4.78, 5) is 15.4. The topological polar surface area (TPSA) is 72.1 Å². The van der Waals surface area contributed by atoms with Crippen molar-refractivity contribution in [1.82, 2.24) is 0 Å². The number of benzene rings is 2. The van der Waals surface area contributed by atoms with Crippen LogP contribution in [0.15, 0.2) is 53.4 Å². The molecule has 0 spiro atoms. The van der Waals surface area contributed by atoms with Gasteiger partial charge in [0.25, 0.3) is 5.91 Å². The number of para-hydroxylation sites is 1. The van der Waals surface area contributed by atoms with E-state index in [-0.39, 0.29) is 10.8 Å². The number of carbonyl (C=O) groups is 1. The molecule has 0 aromatic heterocycles. The standard InChI is InChI=1S/C23H31N3O3S/c1-18(2)20-10-8-19(9-11-20)16-25-12-14-26(15-13-25)17-23(27)24-21-6-4-5-7-22(21)30(3,28)29/h4-11,18H,12-17H2,1-3H3,(H,24,27)/p+2. The minimum atomic E-state index is -3.38. The molecule has 3 N–H and O–H groups in total. The number of quaternary nitrogens is 2. The molecule has 3 rings (SSSR count). The Labute approximate surface area is 179 Å². The van der Waals surface area contributed by atoms with Gasteiger partial charge >= 0.3 is 0 Å². The second kappa shape index (κ2) is 9.73. The summed E-state index contributed by atoms with van der Waals surface area (Å²) in [5.74, 6) is 0.405. The van der Waals surface area contributed by atoms with E-state index in [4.69, 9.17) is 0 Å².